The molecule has 0 radical (unpaired) electrons. The molecule has 1 saturated carbocycles. The van der Waals surface area contributed by atoms with E-state index in [0.717, 1.165) is 12.8 Å². The second-order valence-corrected chi connectivity index (χ2v) is 11.3. The molecule has 174 valence electrons. The van der Waals surface area contributed by atoms with E-state index in [0.29, 0.717) is 19.4 Å². The van der Waals surface area contributed by atoms with Crippen LogP contribution in [0.15, 0.2) is 36.2 Å². The molecule has 1 amide bonds. The molecule has 1 unspecified atom stereocenters. The molecule has 0 bridgehead atoms. The van der Waals surface area contributed by atoms with Gasteiger partial charge in [0.1, 0.15) is 0 Å². The first-order valence-electron chi connectivity index (χ1n) is 11.8. The molecule has 3 atom stereocenters. The van der Waals surface area contributed by atoms with Crippen LogP contribution in [0, 0.1) is 0 Å². The molecule has 6 heteroatoms. The van der Waals surface area contributed by atoms with E-state index in [1.54, 1.807) is 25.5 Å². The quantitative estimate of drug-likeness (QED) is 0.244. The minimum absolute atomic E-state index is 0.280. The number of hydrogen-bond donors (Lipinski definition) is 2. The van der Waals surface area contributed by atoms with Crippen molar-refractivity contribution >= 4 is 13.5 Å². The van der Waals surface area contributed by atoms with Gasteiger partial charge in [-0.3, -0.25) is 4.57 Å². The normalized spacial score (nSPS) is 23.1. The highest BCUT2D eigenvalue weighted by Gasteiger charge is 2.39. The van der Waals surface area contributed by atoms with Crippen LogP contribution < -0.4 is 5.32 Å². The van der Waals surface area contributed by atoms with E-state index in [9.17, 15) is 14.5 Å². The van der Waals surface area contributed by atoms with Gasteiger partial charge in [-0.25, -0.2) is 4.79 Å². The summed E-state index contributed by atoms with van der Waals surface area (Å²) < 4.78 is 17.8. The van der Waals surface area contributed by atoms with E-state index in [2.05, 4.69) is 36.5 Å². The van der Waals surface area contributed by atoms with Crippen LogP contribution in [0.3, 0.4) is 0 Å². The Morgan fingerprint density at radius 3 is 2.52 bits per heavy atom. The van der Waals surface area contributed by atoms with Crippen LogP contribution in [-0.4, -0.2) is 30.0 Å². The third-order valence-electron chi connectivity index (χ3n) is 6.23. The molecule has 1 aromatic rings. The van der Waals surface area contributed by atoms with E-state index < -0.39 is 19.0 Å². The Balaban J connectivity index is 1.97. The molecule has 2 rings (SSSR count). The SMILES string of the molecule is CCCCCCCCc1ccc([C@H]2CC[C@@](/C=C/P(C)(=O)OCC)(NC(=O)O)C2)cc1. The summed E-state index contributed by atoms with van der Waals surface area (Å²) >= 11 is 0. The Kier molecular flexibility index (Phi) is 10.3. The summed E-state index contributed by atoms with van der Waals surface area (Å²) in [6.45, 7) is 5.98. The van der Waals surface area contributed by atoms with Gasteiger partial charge in [0.05, 0.1) is 12.1 Å². The third kappa shape index (κ3) is 8.82. The molecule has 1 fully saturated rings. The number of aryl methyl sites for hydroxylation is 1. The minimum Gasteiger partial charge on any atom is -0.465 e. The van der Waals surface area contributed by atoms with Crippen molar-refractivity contribution in [3.8, 4) is 0 Å². The van der Waals surface area contributed by atoms with E-state index in [4.69, 9.17) is 4.52 Å². The maximum Gasteiger partial charge on any atom is 0.405 e. The van der Waals surface area contributed by atoms with E-state index >= 15 is 0 Å². The van der Waals surface area contributed by atoms with Gasteiger partial charge in [-0.2, -0.15) is 0 Å². The molecular weight excluding hydrogens is 409 g/mol. The zero-order valence-corrected chi connectivity index (χ0v) is 20.3. The zero-order chi connectivity index (χ0) is 22.7. The lowest BCUT2D eigenvalue weighted by Gasteiger charge is -2.26. The summed E-state index contributed by atoms with van der Waals surface area (Å²) in [5.41, 5.74) is 1.92. The Bertz CT molecular complexity index is 761. The molecule has 1 aliphatic rings. The van der Waals surface area contributed by atoms with Gasteiger partial charge in [0.25, 0.3) is 0 Å². The summed E-state index contributed by atoms with van der Waals surface area (Å²) in [5, 5.41) is 12.1. The Hall–Kier alpha value is -1.58. The maximum absolute atomic E-state index is 12.5. The average molecular weight is 450 g/mol. The highest BCUT2D eigenvalue weighted by Crippen LogP contribution is 2.47. The maximum atomic E-state index is 12.5. The van der Waals surface area contributed by atoms with Gasteiger partial charge in [-0.05, 0) is 61.9 Å². The van der Waals surface area contributed by atoms with Crippen molar-refractivity contribution < 1.29 is 19.0 Å². The predicted octanol–water partition coefficient (Wildman–Crippen LogP) is 7.32. The summed E-state index contributed by atoms with van der Waals surface area (Å²) in [7, 11) is -2.86. The van der Waals surface area contributed by atoms with Gasteiger partial charge >= 0.3 is 6.09 Å². The van der Waals surface area contributed by atoms with Crippen LogP contribution in [0.5, 0.6) is 0 Å². The minimum atomic E-state index is -2.86. The molecule has 1 aromatic carbocycles. The molecule has 0 spiro atoms. The molecule has 31 heavy (non-hydrogen) atoms. The first-order valence-corrected chi connectivity index (χ1v) is 14.0. The molecule has 1 aliphatic carbocycles. The predicted molar refractivity (Wildman–Crippen MR) is 128 cm³/mol. The Morgan fingerprint density at radius 1 is 1.19 bits per heavy atom. The fraction of sp³-hybridized carbons (Fsp3) is 0.640. The average Bonchev–Trinajstić information content (AvgIpc) is 3.13. The highest BCUT2D eigenvalue weighted by molar-refractivity contribution is 7.61. The van der Waals surface area contributed by atoms with E-state index in [1.807, 2.05) is 0 Å². The molecule has 0 saturated heterocycles. The smallest absolute Gasteiger partial charge is 0.405 e. The van der Waals surface area contributed by atoms with Crippen molar-refractivity contribution in [1.82, 2.24) is 5.32 Å². The molecule has 5 nitrogen and oxygen atoms in total. The Morgan fingerprint density at radius 2 is 1.87 bits per heavy atom. The summed E-state index contributed by atoms with van der Waals surface area (Å²) in [4.78, 5) is 11.4. The lowest BCUT2D eigenvalue weighted by Crippen LogP contribution is -2.44. The van der Waals surface area contributed by atoms with Gasteiger partial charge in [0.15, 0.2) is 0 Å². The highest BCUT2D eigenvalue weighted by atomic mass is 31.2. The van der Waals surface area contributed by atoms with Gasteiger partial charge in [0, 0.05) is 6.66 Å². The molecule has 0 aromatic heterocycles. The van der Waals surface area contributed by atoms with Crippen LogP contribution in [0.1, 0.15) is 88.7 Å². The van der Waals surface area contributed by atoms with Crippen molar-refractivity contribution in [1.29, 1.82) is 0 Å². The van der Waals surface area contributed by atoms with Crippen LogP contribution in [0.25, 0.3) is 0 Å². The topological polar surface area (TPSA) is 75.6 Å². The number of carboxylic acid groups (broad SMARTS) is 1. The fourth-order valence-corrected chi connectivity index (χ4v) is 5.68. The second-order valence-electron chi connectivity index (χ2n) is 8.93. The lowest BCUT2D eigenvalue weighted by atomic mass is 9.91. The first-order chi connectivity index (χ1) is 14.8. The molecule has 0 heterocycles. The molecule has 2 N–H and O–H groups in total. The number of rotatable bonds is 13. The van der Waals surface area contributed by atoms with E-state index in [1.165, 1.54) is 49.7 Å². The van der Waals surface area contributed by atoms with E-state index in [-0.39, 0.29) is 5.92 Å². The summed E-state index contributed by atoms with van der Waals surface area (Å²) in [5.74, 6) is 1.85. The van der Waals surface area contributed by atoms with Gasteiger partial charge in [-0.1, -0.05) is 69.4 Å². The number of benzene rings is 1. The van der Waals surface area contributed by atoms with Gasteiger partial charge in [-0.15, -0.1) is 0 Å². The number of hydrogen-bond acceptors (Lipinski definition) is 3. The van der Waals surface area contributed by atoms with Gasteiger partial charge in [0.2, 0.25) is 7.37 Å². The fourth-order valence-electron chi connectivity index (χ4n) is 4.52. The lowest BCUT2D eigenvalue weighted by molar-refractivity contribution is 0.184. The second kappa shape index (κ2) is 12.5. The molecule has 0 aliphatic heterocycles. The number of unbranched alkanes of at least 4 members (excludes halogenated alkanes) is 5. The van der Waals surface area contributed by atoms with Crippen molar-refractivity contribution in [3.05, 3.63) is 47.3 Å². The van der Waals surface area contributed by atoms with Crippen LogP contribution >= 0.6 is 7.37 Å². The summed E-state index contributed by atoms with van der Waals surface area (Å²) in [6.07, 6.45) is 11.9. The van der Waals surface area contributed by atoms with Crippen molar-refractivity contribution in [2.45, 2.75) is 89.5 Å². The van der Waals surface area contributed by atoms with Crippen LogP contribution in [-0.2, 0) is 15.5 Å². The third-order valence-corrected chi connectivity index (χ3v) is 7.69. The summed E-state index contributed by atoms with van der Waals surface area (Å²) in [6, 6.07) is 8.83. The molecular formula is C25H40NO4P. The first kappa shape index (κ1) is 25.7. The van der Waals surface area contributed by atoms with Crippen LogP contribution in [0.2, 0.25) is 0 Å². The van der Waals surface area contributed by atoms with Crippen LogP contribution in [0.4, 0.5) is 4.79 Å². The number of nitrogens with one attached hydrogen (secondary N) is 1. The largest absolute Gasteiger partial charge is 0.465 e. The standard InChI is InChI=1S/C25H40NO4P/c1-4-6-7-8-9-10-11-21-12-14-22(15-13-21)23-16-17-25(20-23,26-24(27)28)18-19-31(3,29)30-5-2/h12-15,18-19,23,26H,4-11,16-17,20H2,1-3H3,(H,27,28)/b19-18+/t23-,25-,31?/m0/s1. The van der Waals surface area contributed by atoms with Gasteiger partial charge < -0.3 is 14.9 Å². The monoisotopic (exact) mass is 449 g/mol. The van der Waals surface area contributed by atoms with Crippen molar-refractivity contribution in [2.24, 2.45) is 0 Å². The van der Waals surface area contributed by atoms with Crippen molar-refractivity contribution in [3.63, 3.8) is 0 Å². The Labute approximate surface area is 188 Å². The van der Waals surface area contributed by atoms with Crippen molar-refractivity contribution in [2.75, 3.05) is 13.3 Å². The zero-order valence-electron chi connectivity index (χ0n) is 19.4. The number of amides is 1. The number of carbonyl (C=O) groups is 1.